The zero-order chi connectivity index (χ0) is 14.0. The van der Waals surface area contributed by atoms with Gasteiger partial charge in [-0.05, 0) is 31.9 Å². The maximum absolute atomic E-state index is 6.52. The van der Waals surface area contributed by atoms with Gasteiger partial charge < -0.3 is 9.47 Å². The predicted molar refractivity (Wildman–Crippen MR) is 81.8 cm³/mol. The van der Waals surface area contributed by atoms with Gasteiger partial charge in [-0.2, -0.15) is 0 Å². The van der Waals surface area contributed by atoms with E-state index in [0.717, 1.165) is 17.9 Å². The summed E-state index contributed by atoms with van der Waals surface area (Å²) < 4.78 is 11.8. The fourth-order valence-corrected chi connectivity index (χ4v) is 4.20. The zero-order valence-electron chi connectivity index (χ0n) is 12.1. The summed E-state index contributed by atoms with van der Waals surface area (Å²) in [5.41, 5.74) is 0.224. The van der Waals surface area contributed by atoms with Gasteiger partial charge in [-0.3, -0.25) is 0 Å². The van der Waals surface area contributed by atoms with E-state index in [4.69, 9.17) is 21.1 Å². The molecule has 0 amide bonds. The fraction of sp³-hybridized carbons (Fsp3) is 0.647. The number of benzene rings is 1. The molecule has 1 aromatic carbocycles. The van der Waals surface area contributed by atoms with Gasteiger partial charge in [-0.1, -0.05) is 25.3 Å². The van der Waals surface area contributed by atoms with Crippen LogP contribution in [0.1, 0.15) is 45.4 Å². The molecule has 0 bridgehead atoms. The highest BCUT2D eigenvalue weighted by atomic mass is 35.5. The molecule has 0 aliphatic heterocycles. The molecule has 0 saturated heterocycles. The van der Waals surface area contributed by atoms with E-state index in [1.165, 1.54) is 32.1 Å². The van der Waals surface area contributed by atoms with Crippen LogP contribution < -0.4 is 9.47 Å². The number of hydrogen-bond acceptors (Lipinski definition) is 2. The van der Waals surface area contributed by atoms with E-state index < -0.39 is 0 Å². The Kier molecular flexibility index (Phi) is 4.11. The van der Waals surface area contributed by atoms with Crippen molar-refractivity contribution in [2.45, 2.75) is 56.9 Å². The van der Waals surface area contributed by atoms with Crippen LogP contribution >= 0.6 is 11.6 Å². The molecule has 1 spiro atoms. The molecule has 110 valence electrons. The van der Waals surface area contributed by atoms with E-state index in [9.17, 15) is 0 Å². The quantitative estimate of drug-likeness (QED) is 0.743. The molecule has 2 aliphatic carbocycles. The van der Waals surface area contributed by atoms with Crippen LogP contribution in [0.4, 0.5) is 0 Å². The van der Waals surface area contributed by atoms with Gasteiger partial charge in [-0.25, -0.2) is 0 Å². The van der Waals surface area contributed by atoms with E-state index in [1.54, 1.807) is 0 Å². The second-order valence-electron chi connectivity index (χ2n) is 6.01. The summed E-state index contributed by atoms with van der Waals surface area (Å²) in [6.07, 6.45) is 7.62. The van der Waals surface area contributed by atoms with Crippen molar-refractivity contribution in [1.29, 1.82) is 0 Å². The standard InChI is InChI=1S/C17H23ClO2/c1-2-19-13-7-6-8-14(11-13)20-16-12-15(18)17(16)9-4-3-5-10-17/h6-8,11,15-16H,2-5,9-10,12H2,1H3. The Hall–Kier alpha value is -0.890. The van der Waals surface area contributed by atoms with Crippen molar-refractivity contribution < 1.29 is 9.47 Å². The lowest BCUT2D eigenvalue weighted by atomic mass is 9.58. The van der Waals surface area contributed by atoms with Gasteiger partial charge in [-0.15, -0.1) is 11.6 Å². The first-order chi connectivity index (χ1) is 9.74. The molecule has 2 aliphatic rings. The highest BCUT2D eigenvalue weighted by molar-refractivity contribution is 6.21. The van der Waals surface area contributed by atoms with Crippen LogP contribution in [-0.2, 0) is 0 Å². The zero-order valence-corrected chi connectivity index (χ0v) is 12.9. The minimum Gasteiger partial charge on any atom is -0.494 e. The Bertz CT molecular complexity index is 454. The van der Waals surface area contributed by atoms with Crippen LogP contribution in [0.5, 0.6) is 11.5 Å². The molecule has 0 heterocycles. The summed E-state index contributed by atoms with van der Waals surface area (Å²) in [4.78, 5) is 0. The lowest BCUT2D eigenvalue weighted by Gasteiger charge is -2.55. The highest BCUT2D eigenvalue weighted by Crippen LogP contribution is 2.55. The van der Waals surface area contributed by atoms with Gasteiger partial charge >= 0.3 is 0 Å². The Morgan fingerprint density at radius 1 is 1.20 bits per heavy atom. The van der Waals surface area contributed by atoms with Gasteiger partial charge in [0.25, 0.3) is 0 Å². The SMILES string of the molecule is CCOc1cccc(OC2CC(Cl)C23CCCCC3)c1. The normalized spacial score (nSPS) is 27.9. The smallest absolute Gasteiger partial charge is 0.123 e. The third-order valence-corrected chi connectivity index (χ3v) is 5.48. The molecule has 0 N–H and O–H groups in total. The number of hydrogen-bond donors (Lipinski definition) is 0. The van der Waals surface area contributed by atoms with Crippen molar-refractivity contribution in [2.75, 3.05) is 6.61 Å². The van der Waals surface area contributed by atoms with Crippen molar-refractivity contribution in [1.82, 2.24) is 0 Å². The Labute approximate surface area is 126 Å². The summed E-state index contributed by atoms with van der Waals surface area (Å²) in [5.74, 6) is 1.79. The molecule has 3 rings (SSSR count). The van der Waals surface area contributed by atoms with Crippen LogP contribution in [0, 0.1) is 5.41 Å². The molecule has 2 nitrogen and oxygen atoms in total. The third-order valence-electron chi connectivity index (χ3n) is 4.87. The summed E-state index contributed by atoms with van der Waals surface area (Å²) >= 11 is 6.52. The second kappa shape index (κ2) is 5.85. The summed E-state index contributed by atoms with van der Waals surface area (Å²) in [6.45, 7) is 2.68. The van der Waals surface area contributed by atoms with E-state index >= 15 is 0 Å². The lowest BCUT2D eigenvalue weighted by molar-refractivity contribution is -0.0651. The first-order valence-corrected chi connectivity index (χ1v) is 8.22. The van der Waals surface area contributed by atoms with Crippen LogP contribution in [-0.4, -0.2) is 18.1 Å². The molecule has 0 radical (unpaired) electrons. The number of ether oxygens (including phenoxy) is 2. The molecule has 2 atom stereocenters. The fourth-order valence-electron chi connectivity index (χ4n) is 3.68. The highest BCUT2D eigenvalue weighted by Gasteiger charge is 2.55. The molecule has 0 aromatic heterocycles. The lowest BCUT2D eigenvalue weighted by Crippen LogP contribution is -2.58. The number of halogens is 1. The molecule has 2 saturated carbocycles. The van der Waals surface area contributed by atoms with Gasteiger partial charge in [0.1, 0.15) is 17.6 Å². The predicted octanol–water partition coefficient (Wildman–Crippen LogP) is 4.79. The van der Waals surface area contributed by atoms with Crippen LogP contribution in [0.2, 0.25) is 0 Å². The monoisotopic (exact) mass is 294 g/mol. The third kappa shape index (κ3) is 2.50. The Balaban J connectivity index is 1.69. The van der Waals surface area contributed by atoms with Crippen molar-refractivity contribution in [3.05, 3.63) is 24.3 Å². The molecular weight excluding hydrogens is 272 g/mol. The number of alkyl halides is 1. The van der Waals surface area contributed by atoms with Crippen molar-refractivity contribution >= 4 is 11.6 Å². The molecule has 3 heteroatoms. The molecular formula is C17H23ClO2. The average molecular weight is 295 g/mol. The largest absolute Gasteiger partial charge is 0.494 e. The van der Waals surface area contributed by atoms with Crippen LogP contribution in [0.15, 0.2) is 24.3 Å². The molecule has 2 fully saturated rings. The maximum atomic E-state index is 6.52. The van der Waals surface area contributed by atoms with Crippen LogP contribution in [0.25, 0.3) is 0 Å². The Morgan fingerprint density at radius 2 is 1.95 bits per heavy atom. The maximum Gasteiger partial charge on any atom is 0.123 e. The van der Waals surface area contributed by atoms with E-state index in [2.05, 4.69) is 0 Å². The van der Waals surface area contributed by atoms with E-state index in [-0.39, 0.29) is 11.5 Å². The first-order valence-electron chi connectivity index (χ1n) is 7.78. The van der Waals surface area contributed by atoms with Crippen molar-refractivity contribution in [3.8, 4) is 11.5 Å². The summed E-state index contributed by atoms with van der Waals surface area (Å²) in [5, 5.41) is 0.294. The van der Waals surface area contributed by atoms with E-state index in [0.29, 0.717) is 12.0 Å². The molecule has 20 heavy (non-hydrogen) atoms. The van der Waals surface area contributed by atoms with Gasteiger partial charge in [0.15, 0.2) is 0 Å². The van der Waals surface area contributed by atoms with Gasteiger partial charge in [0, 0.05) is 23.3 Å². The topological polar surface area (TPSA) is 18.5 Å². The Morgan fingerprint density at radius 3 is 2.65 bits per heavy atom. The second-order valence-corrected chi connectivity index (χ2v) is 6.54. The number of rotatable bonds is 4. The minimum absolute atomic E-state index is 0.224. The molecule has 1 aromatic rings. The minimum atomic E-state index is 0.224. The van der Waals surface area contributed by atoms with E-state index in [1.807, 2.05) is 31.2 Å². The van der Waals surface area contributed by atoms with Gasteiger partial charge in [0.2, 0.25) is 0 Å². The summed E-state index contributed by atoms with van der Waals surface area (Å²) in [6, 6.07) is 7.96. The average Bonchev–Trinajstić information content (AvgIpc) is 2.49. The van der Waals surface area contributed by atoms with Crippen molar-refractivity contribution in [2.24, 2.45) is 5.41 Å². The molecule has 2 unspecified atom stereocenters. The van der Waals surface area contributed by atoms with Crippen molar-refractivity contribution in [3.63, 3.8) is 0 Å². The summed E-state index contributed by atoms with van der Waals surface area (Å²) in [7, 11) is 0. The first kappa shape index (κ1) is 14.1. The van der Waals surface area contributed by atoms with Gasteiger partial charge in [0.05, 0.1) is 6.61 Å². The van der Waals surface area contributed by atoms with Crippen LogP contribution in [0.3, 0.4) is 0 Å².